The normalized spacial score (nSPS) is 13.5. The maximum Gasteiger partial charge on any atom is 0.336 e. The van der Waals surface area contributed by atoms with E-state index < -0.39 is 36.4 Å². The number of phenolic OH excluding ortho intramolecular Hbond substituents is 1. The third kappa shape index (κ3) is 9.55. The largest absolute Gasteiger partial charge is 0.508 e. The van der Waals surface area contributed by atoms with Gasteiger partial charge in [-0.3, -0.25) is 14.4 Å². The lowest BCUT2D eigenvalue weighted by molar-refractivity contribution is -0.170. The molecule has 210 valence electrons. The van der Waals surface area contributed by atoms with Gasteiger partial charge in [-0.2, -0.15) is 0 Å². The van der Waals surface area contributed by atoms with Crippen LogP contribution in [-0.4, -0.2) is 98.5 Å². The Kier molecular flexibility index (Phi) is 11.2. The molecular formula is C28H34N2O9. The van der Waals surface area contributed by atoms with Crippen molar-refractivity contribution < 1.29 is 44.7 Å². The monoisotopic (exact) mass is 542 g/mol. The number of aromatic hydroxyl groups is 1. The molecule has 1 heterocycles. The number of aliphatic hydroxyl groups is 1. The molecule has 0 radical (unpaired) electrons. The quantitative estimate of drug-likeness (QED) is 0.300. The molecule has 0 unspecified atom stereocenters. The third-order valence-electron chi connectivity index (χ3n) is 5.94. The number of hydrogen-bond donors (Lipinski definition) is 5. The van der Waals surface area contributed by atoms with Crippen molar-refractivity contribution in [2.75, 3.05) is 33.7 Å². The Morgan fingerprint density at radius 1 is 0.872 bits per heavy atom. The van der Waals surface area contributed by atoms with Gasteiger partial charge in [0, 0.05) is 25.2 Å². The van der Waals surface area contributed by atoms with Crippen LogP contribution in [0, 0.1) is 0 Å². The zero-order valence-corrected chi connectivity index (χ0v) is 21.9. The van der Waals surface area contributed by atoms with E-state index in [0.29, 0.717) is 0 Å². The molecule has 0 aromatic heterocycles. The number of aliphatic carboxylic acids is 3. The van der Waals surface area contributed by atoms with Crippen LogP contribution in [0.1, 0.15) is 47.2 Å². The molecule has 3 rings (SSSR count). The number of hydrogen-bond acceptors (Lipinski definition) is 7. The van der Waals surface area contributed by atoms with E-state index >= 15 is 0 Å². The number of phenols is 1. The fourth-order valence-electron chi connectivity index (χ4n) is 3.96. The number of rotatable bonds is 10. The van der Waals surface area contributed by atoms with Crippen molar-refractivity contribution in [3.63, 3.8) is 0 Å². The Morgan fingerprint density at radius 2 is 1.41 bits per heavy atom. The molecule has 0 saturated carbocycles. The molecule has 5 N–H and O–H groups in total. The number of carbonyl (C=O) groups excluding carboxylic acids is 1. The lowest BCUT2D eigenvalue weighted by atomic mass is 9.96. The van der Waals surface area contributed by atoms with E-state index in [1.165, 1.54) is 0 Å². The van der Waals surface area contributed by atoms with E-state index in [1.807, 2.05) is 55.4 Å². The smallest absolute Gasteiger partial charge is 0.336 e. The number of likely N-dealkylation sites (N-methyl/N-ethyl adjacent to an activating group) is 1. The lowest BCUT2D eigenvalue weighted by Gasteiger charge is -2.18. The van der Waals surface area contributed by atoms with Crippen molar-refractivity contribution in [2.45, 2.75) is 31.3 Å². The molecule has 1 fully saturated rings. The lowest BCUT2D eigenvalue weighted by Crippen LogP contribution is -2.42. The van der Waals surface area contributed by atoms with Crippen LogP contribution >= 0.6 is 0 Å². The summed E-state index contributed by atoms with van der Waals surface area (Å²) in [4.78, 5) is 47.0. The number of benzene rings is 2. The van der Waals surface area contributed by atoms with E-state index in [1.54, 1.807) is 12.1 Å². The summed E-state index contributed by atoms with van der Waals surface area (Å²) < 4.78 is 0. The van der Waals surface area contributed by atoms with Crippen LogP contribution in [0.15, 0.2) is 54.6 Å². The molecule has 2 aromatic carbocycles. The SMILES string of the molecule is CN(C)CC=C(c1ccc(C(=O)N2CCCC2)cc1)c1cccc(O)c1.O=C(O)CC(O)(CC(=O)O)C(=O)O. The minimum Gasteiger partial charge on any atom is -0.508 e. The molecule has 11 heteroatoms. The summed E-state index contributed by atoms with van der Waals surface area (Å²) in [5.74, 6) is -4.65. The van der Waals surface area contributed by atoms with Crippen molar-refractivity contribution in [1.29, 1.82) is 0 Å². The van der Waals surface area contributed by atoms with Crippen molar-refractivity contribution in [2.24, 2.45) is 0 Å². The molecule has 1 aliphatic rings. The Morgan fingerprint density at radius 3 is 1.87 bits per heavy atom. The standard InChI is InChI=1S/C22H26N2O2.C6H8O7/c1-23(2)15-12-21(19-6-5-7-20(25)16-19)17-8-10-18(11-9-17)22(26)24-13-3-4-14-24;7-3(8)1-6(13,5(11)12)2-4(9)10/h5-12,16,25H,3-4,13-15H2,1-2H3;13H,1-2H2,(H,7,8)(H,9,10)(H,11,12). The van der Waals surface area contributed by atoms with Crippen LogP contribution in [0.4, 0.5) is 0 Å². The summed E-state index contributed by atoms with van der Waals surface area (Å²) in [5.41, 5.74) is 1.05. The topological polar surface area (TPSA) is 176 Å². The van der Waals surface area contributed by atoms with Crippen molar-refractivity contribution in [3.05, 3.63) is 71.3 Å². The molecule has 1 saturated heterocycles. The van der Waals surface area contributed by atoms with Crippen LogP contribution in [0.2, 0.25) is 0 Å². The number of likely N-dealkylation sites (tertiary alicyclic amines) is 1. The maximum atomic E-state index is 12.5. The number of carbonyl (C=O) groups is 4. The molecular weight excluding hydrogens is 508 g/mol. The molecule has 0 atom stereocenters. The third-order valence-corrected chi connectivity index (χ3v) is 5.94. The second-order valence-corrected chi connectivity index (χ2v) is 9.48. The van der Waals surface area contributed by atoms with Crippen LogP contribution in [-0.2, 0) is 14.4 Å². The van der Waals surface area contributed by atoms with Gasteiger partial charge in [0.15, 0.2) is 5.60 Å². The molecule has 11 nitrogen and oxygen atoms in total. The van der Waals surface area contributed by atoms with E-state index in [-0.39, 0.29) is 11.7 Å². The van der Waals surface area contributed by atoms with Crippen molar-refractivity contribution in [1.82, 2.24) is 9.80 Å². The van der Waals surface area contributed by atoms with Gasteiger partial charge in [0.2, 0.25) is 0 Å². The van der Waals surface area contributed by atoms with Gasteiger partial charge < -0.3 is 35.3 Å². The Bertz CT molecular complexity index is 1180. The number of amides is 1. The highest BCUT2D eigenvalue weighted by molar-refractivity contribution is 5.95. The van der Waals surface area contributed by atoms with E-state index in [4.69, 9.17) is 20.4 Å². The fourth-order valence-corrected chi connectivity index (χ4v) is 3.96. The van der Waals surface area contributed by atoms with E-state index in [0.717, 1.165) is 54.7 Å². The minimum atomic E-state index is -2.74. The summed E-state index contributed by atoms with van der Waals surface area (Å²) in [6.07, 6.45) is 2.05. The molecule has 0 spiro atoms. The van der Waals surface area contributed by atoms with Gasteiger partial charge in [-0.15, -0.1) is 0 Å². The maximum absolute atomic E-state index is 12.5. The predicted molar refractivity (Wildman–Crippen MR) is 142 cm³/mol. The van der Waals surface area contributed by atoms with Gasteiger partial charge in [-0.25, -0.2) is 4.79 Å². The summed E-state index contributed by atoms with van der Waals surface area (Å²) >= 11 is 0. The molecule has 0 aliphatic carbocycles. The minimum absolute atomic E-state index is 0.116. The van der Waals surface area contributed by atoms with Gasteiger partial charge >= 0.3 is 17.9 Å². The highest BCUT2D eigenvalue weighted by Gasteiger charge is 2.40. The number of carboxylic acid groups (broad SMARTS) is 3. The summed E-state index contributed by atoms with van der Waals surface area (Å²) in [7, 11) is 4.04. The number of nitrogens with zero attached hydrogens (tertiary/aromatic N) is 2. The molecule has 39 heavy (non-hydrogen) atoms. The Balaban J connectivity index is 0.000000349. The van der Waals surface area contributed by atoms with Crippen LogP contribution < -0.4 is 0 Å². The van der Waals surface area contributed by atoms with Gasteiger partial charge in [-0.1, -0.05) is 30.3 Å². The van der Waals surface area contributed by atoms with E-state index in [2.05, 4.69) is 11.0 Å². The Labute approximate surface area is 226 Å². The average Bonchev–Trinajstić information content (AvgIpc) is 3.38. The first kappa shape index (κ1) is 31.0. The second-order valence-electron chi connectivity index (χ2n) is 9.48. The van der Waals surface area contributed by atoms with Gasteiger partial charge in [0.1, 0.15) is 5.75 Å². The van der Waals surface area contributed by atoms with Gasteiger partial charge in [0.25, 0.3) is 5.91 Å². The highest BCUT2D eigenvalue weighted by atomic mass is 16.4. The fraction of sp³-hybridized carbons (Fsp3) is 0.357. The second kappa shape index (κ2) is 14.1. The molecule has 1 aliphatic heterocycles. The van der Waals surface area contributed by atoms with Gasteiger partial charge in [0.05, 0.1) is 12.8 Å². The summed E-state index contributed by atoms with van der Waals surface area (Å²) in [5, 5.41) is 43.6. The predicted octanol–water partition coefficient (Wildman–Crippen LogP) is 2.37. The number of carboxylic acids is 3. The molecule has 2 aromatic rings. The molecule has 0 bridgehead atoms. The first-order valence-corrected chi connectivity index (χ1v) is 12.3. The van der Waals surface area contributed by atoms with Gasteiger partial charge in [-0.05, 0) is 67.9 Å². The zero-order valence-electron chi connectivity index (χ0n) is 21.9. The van der Waals surface area contributed by atoms with Crippen molar-refractivity contribution >= 4 is 29.4 Å². The highest BCUT2D eigenvalue weighted by Crippen LogP contribution is 2.27. The van der Waals surface area contributed by atoms with Crippen molar-refractivity contribution in [3.8, 4) is 5.75 Å². The van der Waals surface area contributed by atoms with Crippen LogP contribution in [0.3, 0.4) is 0 Å². The van der Waals surface area contributed by atoms with Crippen LogP contribution in [0.5, 0.6) is 5.75 Å². The Hall–Kier alpha value is -4.22. The van der Waals surface area contributed by atoms with Crippen LogP contribution in [0.25, 0.3) is 5.57 Å². The summed E-state index contributed by atoms with van der Waals surface area (Å²) in [6.45, 7) is 2.51. The summed E-state index contributed by atoms with van der Waals surface area (Å²) in [6, 6.07) is 15.1. The van der Waals surface area contributed by atoms with E-state index in [9.17, 15) is 24.3 Å². The first-order chi connectivity index (χ1) is 18.3. The average molecular weight is 543 g/mol. The zero-order chi connectivity index (χ0) is 29.2. The first-order valence-electron chi connectivity index (χ1n) is 12.3. The molecule has 1 amide bonds.